The van der Waals surface area contributed by atoms with E-state index < -0.39 is 0 Å². The summed E-state index contributed by atoms with van der Waals surface area (Å²) >= 11 is 0. The first-order valence-corrected chi connectivity index (χ1v) is 8.23. The monoisotopic (exact) mass is 298 g/mol. The fraction of sp³-hybridized carbons (Fsp3) is 0.500. The SMILES string of the molecule is Cc1cccc(CCCN2CCN(C)CC2)c1-n1cccn1. The van der Waals surface area contributed by atoms with E-state index in [-0.39, 0.29) is 0 Å². The number of piperazine rings is 1. The fourth-order valence-corrected chi connectivity index (χ4v) is 3.21. The van der Waals surface area contributed by atoms with Crippen LogP contribution in [0.3, 0.4) is 0 Å². The van der Waals surface area contributed by atoms with E-state index in [2.05, 4.69) is 47.1 Å². The van der Waals surface area contributed by atoms with E-state index in [0.29, 0.717) is 0 Å². The first kappa shape index (κ1) is 15.3. The molecular weight excluding hydrogens is 272 g/mol. The molecule has 1 fully saturated rings. The molecule has 118 valence electrons. The number of para-hydroxylation sites is 1. The Morgan fingerprint density at radius 3 is 2.64 bits per heavy atom. The molecule has 22 heavy (non-hydrogen) atoms. The minimum atomic E-state index is 1.11. The van der Waals surface area contributed by atoms with Gasteiger partial charge in [-0.1, -0.05) is 18.2 Å². The third kappa shape index (κ3) is 3.57. The van der Waals surface area contributed by atoms with Crippen LogP contribution >= 0.6 is 0 Å². The van der Waals surface area contributed by atoms with Crippen LogP contribution in [0.25, 0.3) is 5.69 Å². The predicted molar refractivity (Wildman–Crippen MR) is 90.6 cm³/mol. The van der Waals surface area contributed by atoms with E-state index in [1.54, 1.807) is 0 Å². The Kier molecular flexibility index (Phi) is 4.90. The number of hydrogen-bond donors (Lipinski definition) is 0. The van der Waals surface area contributed by atoms with Crippen LogP contribution in [0.5, 0.6) is 0 Å². The molecule has 0 bridgehead atoms. The van der Waals surface area contributed by atoms with Gasteiger partial charge in [0, 0.05) is 38.6 Å². The minimum absolute atomic E-state index is 1.11. The Balaban J connectivity index is 1.62. The van der Waals surface area contributed by atoms with Gasteiger partial charge in [-0.25, -0.2) is 4.68 Å². The molecule has 1 aliphatic rings. The van der Waals surface area contributed by atoms with Crippen LogP contribution in [0.2, 0.25) is 0 Å². The summed E-state index contributed by atoms with van der Waals surface area (Å²) in [6.07, 6.45) is 6.21. The molecule has 0 spiro atoms. The van der Waals surface area contributed by atoms with Crippen molar-refractivity contribution in [3.05, 3.63) is 47.8 Å². The quantitative estimate of drug-likeness (QED) is 0.847. The molecule has 1 aromatic heterocycles. The third-order valence-electron chi connectivity index (χ3n) is 4.57. The van der Waals surface area contributed by atoms with Gasteiger partial charge in [0.05, 0.1) is 5.69 Å². The second kappa shape index (κ2) is 7.07. The van der Waals surface area contributed by atoms with Gasteiger partial charge in [0.15, 0.2) is 0 Å². The van der Waals surface area contributed by atoms with Crippen molar-refractivity contribution in [1.29, 1.82) is 0 Å². The molecule has 2 aromatic rings. The highest BCUT2D eigenvalue weighted by molar-refractivity contribution is 5.47. The molecule has 0 unspecified atom stereocenters. The van der Waals surface area contributed by atoms with Crippen molar-refractivity contribution >= 4 is 0 Å². The van der Waals surface area contributed by atoms with Crippen LogP contribution in [0.15, 0.2) is 36.7 Å². The lowest BCUT2D eigenvalue weighted by Crippen LogP contribution is -2.44. The highest BCUT2D eigenvalue weighted by Gasteiger charge is 2.14. The highest BCUT2D eigenvalue weighted by Crippen LogP contribution is 2.20. The molecule has 2 heterocycles. The second-order valence-corrected chi connectivity index (χ2v) is 6.28. The van der Waals surface area contributed by atoms with Crippen LogP contribution < -0.4 is 0 Å². The van der Waals surface area contributed by atoms with E-state index in [1.165, 1.54) is 56.0 Å². The van der Waals surface area contributed by atoms with Crippen molar-refractivity contribution in [2.45, 2.75) is 19.8 Å². The summed E-state index contributed by atoms with van der Waals surface area (Å²) in [6, 6.07) is 8.56. The molecule has 0 atom stereocenters. The Morgan fingerprint density at radius 2 is 1.91 bits per heavy atom. The van der Waals surface area contributed by atoms with Crippen molar-refractivity contribution in [1.82, 2.24) is 19.6 Å². The number of hydrogen-bond acceptors (Lipinski definition) is 3. The van der Waals surface area contributed by atoms with Gasteiger partial charge in [-0.15, -0.1) is 0 Å². The normalized spacial score (nSPS) is 17.0. The lowest BCUT2D eigenvalue weighted by atomic mass is 10.0. The van der Waals surface area contributed by atoms with E-state index in [9.17, 15) is 0 Å². The summed E-state index contributed by atoms with van der Waals surface area (Å²) in [4.78, 5) is 5.00. The summed E-state index contributed by atoms with van der Waals surface area (Å²) in [5.74, 6) is 0. The first-order chi connectivity index (χ1) is 10.7. The molecule has 4 nitrogen and oxygen atoms in total. The largest absolute Gasteiger partial charge is 0.304 e. The van der Waals surface area contributed by atoms with E-state index in [1.807, 2.05) is 23.1 Å². The molecule has 3 rings (SSSR count). The maximum atomic E-state index is 4.41. The van der Waals surface area contributed by atoms with Crippen LogP contribution in [0.4, 0.5) is 0 Å². The number of nitrogens with zero attached hydrogens (tertiary/aromatic N) is 4. The van der Waals surface area contributed by atoms with E-state index >= 15 is 0 Å². The molecule has 0 saturated carbocycles. The standard InChI is InChI=1S/C18H26N4/c1-16-6-3-7-17(18(16)22-11-5-9-19-22)8-4-10-21-14-12-20(2)13-15-21/h3,5-7,9,11H,4,8,10,12-15H2,1-2H3. The van der Waals surface area contributed by atoms with E-state index in [4.69, 9.17) is 0 Å². The van der Waals surface area contributed by atoms with Crippen molar-refractivity contribution in [3.63, 3.8) is 0 Å². The highest BCUT2D eigenvalue weighted by atomic mass is 15.3. The zero-order chi connectivity index (χ0) is 15.4. The lowest BCUT2D eigenvalue weighted by Gasteiger charge is -2.32. The fourth-order valence-electron chi connectivity index (χ4n) is 3.21. The van der Waals surface area contributed by atoms with Gasteiger partial charge < -0.3 is 9.80 Å². The maximum absolute atomic E-state index is 4.41. The van der Waals surface area contributed by atoms with Crippen LogP contribution in [0.1, 0.15) is 17.5 Å². The smallest absolute Gasteiger partial charge is 0.0706 e. The molecule has 1 aliphatic heterocycles. The number of benzene rings is 1. The third-order valence-corrected chi connectivity index (χ3v) is 4.57. The Hall–Kier alpha value is -1.65. The van der Waals surface area contributed by atoms with Crippen LogP contribution in [-0.2, 0) is 6.42 Å². The Bertz CT molecular complexity index is 583. The molecule has 0 radical (unpaired) electrons. The van der Waals surface area contributed by atoms with Crippen LogP contribution in [-0.4, -0.2) is 59.4 Å². The van der Waals surface area contributed by atoms with Gasteiger partial charge in [-0.3, -0.25) is 0 Å². The lowest BCUT2D eigenvalue weighted by molar-refractivity contribution is 0.153. The summed E-state index contributed by atoms with van der Waals surface area (Å²) in [7, 11) is 2.21. The van der Waals surface area contributed by atoms with Crippen LogP contribution in [0, 0.1) is 6.92 Å². The average Bonchev–Trinajstić information content (AvgIpc) is 3.03. The van der Waals surface area contributed by atoms with Gasteiger partial charge in [-0.2, -0.15) is 5.10 Å². The molecule has 0 aliphatic carbocycles. The van der Waals surface area contributed by atoms with Crippen molar-refractivity contribution in [2.24, 2.45) is 0 Å². The minimum Gasteiger partial charge on any atom is -0.304 e. The van der Waals surface area contributed by atoms with Gasteiger partial charge in [0.25, 0.3) is 0 Å². The summed E-state index contributed by atoms with van der Waals surface area (Å²) in [5, 5.41) is 4.41. The van der Waals surface area contributed by atoms with Crippen molar-refractivity contribution in [3.8, 4) is 5.69 Å². The Morgan fingerprint density at radius 1 is 1.09 bits per heavy atom. The Labute approximate surface area is 133 Å². The zero-order valence-corrected chi connectivity index (χ0v) is 13.7. The van der Waals surface area contributed by atoms with Gasteiger partial charge in [-0.05, 0) is 50.6 Å². The summed E-state index contributed by atoms with van der Waals surface area (Å²) < 4.78 is 2.00. The number of likely N-dealkylation sites (N-methyl/N-ethyl adjacent to an activating group) is 1. The zero-order valence-electron chi connectivity index (χ0n) is 13.7. The van der Waals surface area contributed by atoms with Crippen molar-refractivity contribution in [2.75, 3.05) is 39.8 Å². The number of aromatic nitrogens is 2. The van der Waals surface area contributed by atoms with Gasteiger partial charge in [0.2, 0.25) is 0 Å². The second-order valence-electron chi connectivity index (χ2n) is 6.28. The molecular formula is C18H26N4. The van der Waals surface area contributed by atoms with Crippen molar-refractivity contribution < 1.29 is 0 Å². The molecule has 4 heteroatoms. The van der Waals surface area contributed by atoms with E-state index in [0.717, 1.165) is 6.42 Å². The molecule has 0 amide bonds. The number of rotatable bonds is 5. The van der Waals surface area contributed by atoms with Gasteiger partial charge >= 0.3 is 0 Å². The number of aryl methyl sites for hydroxylation is 2. The first-order valence-electron chi connectivity index (χ1n) is 8.23. The average molecular weight is 298 g/mol. The maximum Gasteiger partial charge on any atom is 0.0706 e. The topological polar surface area (TPSA) is 24.3 Å². The van der Waals surface area contributed by atoms with Gasteiger partial charge in [0.1, 0.15) is 0 Å². The molecule has 1 saturated heterocycles. The molecule has 0 N–H and O–H groups in total. The summed E-state index contributed by atoms with van der Waals surface area (Å²) in [5.41, 5.74) is 3.95. The predicted octanol–water partition coefficient (Wildman–Crippen LogP) is 2.36. The molecule has 1 aromatic carbocycles. The summed E-state index contributed by atoms with van der Waals surface area (Å²) in [6.45, 7) is 8.17.